The van der Waals surface area contributed by atoms with Gasteiger partial charge in [0.15, 0.2) is 5.78 Å². The number of rotatable bonds is 1. The topological polar surface area (TPSA) is 37.3 Å². The number of hydrogen-bond donors (Lipinski definition) is 1. The number of carbonyl (C=O) groups excluding carboxylic acids is 1. The van der Waals surface area contributed by atoms with Gasteiger partial charge in [-0.2, -0.15) is 0 Å². The van der Waals surface area contributed by atoms with Gasteiger partial charge < -0.3 is 5.11 Å². The van der Waals surface area contributed by atoms with E-state index >= 15 is 0 Å². The molecule has 2 rings (SSSR count). The third-order valence-electron chi connectivity index (χ3n) is 3.43. The van der Waals surface area contributed by atoms with E-state index in [1.807, 2.05) is 20.8 Å². The smallest absolute Gasteiger partial charge is 0.167 e. The van der Waals surface area contributed by atoms with E-state index in [2.05, 4.69) is 0 Å². The average molecular weight is 248 g/mol. The second kappa shape index (κ2) is 4.23. The summed E-state index contributed by atoms with van der Waals surface area (Å²) in [6.45, 7) is 5.98. The van der Waals surface area contributed by atoms with Gasteiger partial charge >= 0.3 is 0 Å². The van der Waals surface area contributed by atoms with E-state index in [9.17, 15) is 14.3 Å². The van der Waals surface area contributed by atoms with E-state index in [-0.39, 0.29) is 28.7 Å². The van der Waals surface area contributed by atoms with Crippen LogP contribution in [0.4, 0.5) is 4.39 Å². The normalized spacial score (nSPS) is 20.7. The summed E-state index contributed by atoms with van der Waals surface area (Å²) >= 11 is 0. The van der Waals surface area contributed by atoms with E-state index in [0.717, 1.165) is 0 Å². The molecule has 0 amide bonds. The van der Waals surface area contributed by atoms with Gasteiger partial charge in [-0.15, -0.1) is 0 Å². The van der Waals surface area contributed by atoms with Crippen LogP contribution in [0.15, 0.2) is 30.0 Å². The quantitative estimate of drug-likeness (QED) is 0.822. The minimum atomic E-state index is -0.350. The third-order valence-corrected chi connectivity index (χ3v) is 3.43. The fourth-order valence-electron chi connectivity index (χ4n) is 2.34. The van der Waals surface area contributed by atoms with Crippen LogP contribution in [0.3, 0.4) is 0 Å². The zero-order valence-corrected chi connectivity index (χ0v) is 10.8. The molecule has 18 heavy (non-hydrogen) atoms. The number of halogens is 1. The predicted octanol–water partition coefficient (Wildman–Crippen LogP) is 3.73. The Morgan fingerprint density at radius 2 is 1.78 bits per heavy atom. The highest BCUT2D eigenvalue weighted by molar-refractivity contribution is 6.23. The number of ketones is 1. The Bertz CT molecular complexity index is 506. The van der Waals surface area contributed by atoms with Crippen molar-refractivity contribution in [1.82, 2.24) is 0 Å². The van der Waals surface area contributed by atoms with Crippen LogP contribution in [0.1, 0.15) is 32.8 Å². The first-order valence-electron chi connectivity index (χ1n) is 6.03. The van der Waals surface area contributed by atoms with Crippen LogP contribution in [-0.2, 0) is 4.79 Å². The highest BCUT2D eigenvalue weighted by Crippen LogP contribution is 2.43. The summed E-state index contributed by atoms with van der Waals surface area (Å²) in [6, 6.07) is 5.66. The van der Waals surface area contributed by atoms with Crippen molar-refractivity contribution in [2.24, 2.45) is 11.3 Å². The van der Waals surface area contributed by atoms with Crippen molar-refractivity contribution in [3.63, 3.8) is 0 Å². The van der Waals surface area contributed by atoms with Gasteiger partial charge in [-0.25, -0.2) is 4.39 Å². The molecule has 1 aromatic rings. The molecule has 2 nitrogen and oxygen atoms in total. The van der Waals surface area contributed by atoms with E-state index < -0.39 is 0 Å². The first kappa shape index (κ1) is 12.8. The van der Waals surface area contributed by atoms with Crippen LogP contribution in [0, 0.1) is 17.2 Å². The Hall–Kier alpha value is -1.64. The van der Waals surface area contributed by atoms with Crippen molar-refractivity contribution in [1.29, 1.82) is 0 Å². The molecule has 3 heteroatoms. The largest absolute Gasteiger partial charge is 0.511 e. The van der Waals surface area contributed by atoms with Gasteiger partial charge in [0.1, 0.15) is 11.6 Å². The lowest BCUT2D eigenvalue weighted by Crippen LogP contribution is -2.20. The number of aliphatic hydroxyl groups is 1. The van der Waals surface area contributed by atoms with Crippen molar-refractivity contribution in [3.8, 4) is 0 Å². The molecule has 1 unspecified atom stereocenters. The number of allylic oxidation sites excluding steroid dienone is 2. The van der Waals surface area contributed by atoms with Crippen LogP contribution in [0.25, 0.3) is 5.57 Å². The van der Waals surface area contributed by atoms with Gasteiger partial charge in [-0.1, -0.05) is 32.9 Å². The standard InChI is InChI=1S/C15H17FO2/c1-15(2,3)11-8-12(17)13(14(11)18)9-4-6-10(16)7-5-9/h4-7,11,18H,8H2,1-3H3. The average Bonchev–Trinajstić information content (AvgIpc) is 2.56. The second-order valence-corrected chi connectivity index (χ2v) is 5.81. The number of Topliss-reactive ketones (excluding diaryl/α,β-unsaturated/α-hetero) is 1. The fraction of sp³-hybridized carbons (Fsp3) is 0.400. The zero-order chi connectivity index (χ0) is 13.5. The highest BCUT2D eigenvalue weighted by atomic mass is 19.1. The maximum Gasteiger partial charge on any atom is 0.167 e. The zero-order valence-electron chi connectivity index (χ0n) is 10.8. The molecule has 1 aromatic carbocycles. The molecule has 0 bridgehead atoms. The second-order valence-electron chi connectivity index (χ2n) is 5.81. The SMILES string of the molecule is CC(C)(C)C1CC(=O)C(c2ccc(F)cc2)=C1O. The van der Waals surface area contributed by atoms with Crippen molar-refractivity contribution in [2.75, 3.05) is 0 Å². The molecule has 0 radical (unpaired) electrons. The molecule has 0 heterocycles. The monoisotopic (exact) mass is 248 g/mol. The third kappa shape index (κ3) is 2.17. The molecular weight excluding hydrogens is 231 g/mol. The van der Waals surface area contributed by atoms with Crippen molar-refractivity contribution in [2.45, 2.75) is 27.2 Å². The van der Waals surface area contributed by atoms with Gasteiger partial charge in [0.05, 0.1) is 5.57 Å². The van der Waals surface area contributed by atoms with Crippen LogP contribution in [0.2, 0.25) is 0 Å². The Morgan fingerprint density at radius 1 is 1.22 bits per heavy atom. The molecular formula is C15H17FO2. The minimum Gasteiger partial charge on any atom is -0.511 e. The summed E-state index contributed by atoms with van der Waals surface area (Å²) in [6.07, 6.45) is 0.321. The summed E-state index contributed by atoms with van der Waals surface area (Å²) in [5.74, 6) is -0.445. The molecule has 0 spiro atoms. The Kier molecular flexibility index (Phi) is 3.01. The van der Waals surface area contributed by atoms with Crippen LogP contribution < -0.4 is 0 Å². The molecule has 0 saturated heterocycles. The molecule has 0 saturated carbocycles. The van der Waals surface area contributed by atoms with Crippen LogP contribution >= 0.6 is 0 Å². The number of benzene rings is 1. The summed E-state index contributed by atoms with van der Waals surface area (Å²) in [7, 11) is 0. The molecule has 1 atom stereocenters. The van der Waals surface area contributed by atoms with Gasteiger partial charge in [0, 0.05) is 12.3 Å². The molecule has 1 aliphatic carbocycles. The predicted molar refractivity (Wildman–Crippen MR) is 68.5 cm³/mol. The summed E-state index contributed by atoms with van der Waals surface area (Å²) in [5, 5.41) is 10.2. The van der Waals surface area contributed by atoms with Crippen LogP contribution in [-0.4, -0.2) is 10.9 Å². The van der Waals surface area contributed by atoms with Gasteiger partial charge in [-0.3, -0.25) is 4.79 Å². The lowest BCUT2D eigenvalue weighted by Gasteiger charge is -2.26. The van der Waals surface area contributed by atoms with Crippen LogP contribution in [0.5, 0.6) is 0 Å². The molecule has 0 fully saturated rings. The number of carbonyl (C=O) groups is 1. The number of aliphatic hydroxyl groups excluding tert-OH is 1. The van der Waals surface area contributed by atoms with Crippen molar-refractivity contribution in [3.05, 3.63) is 41.4 Å². The Morgan fingerprint density at radius 3 is 2.22 bits per heavy atom. The van der Waals surface area contributed by atoms with Crippen molar-refractivity contribution < 1.29 is 14.3 Å². The van der Waals surface area contributed by atoms with Gasteiger partial charge in [0.2, 0.25) is 0 Å². The summed E-state index contributed by atoms with van der Waals surface area (Å²) < 4.78 is 12.9. The first-order valence-corrected chi connectivity index (χ1v) is 6.03. The fourth-order valence-corrected chi connectivity index (χ4v) is 2.34. The number of hydrogen-bond acceptors (Lipinski definition) is 2. The van der Waals surface area contributed by atoms with E-state index in [1.165, 1.54) is 24.3 Å². The Balaban J connectivity index is 2.46. The first-order chi connectivity index (χ1) is 8.30. The molecule has 1 N–H and O–H groups in total. The maximum atomic E-state index is 12.9. The Labute approximate surface area is 106 Å². The molecule has 0 aliphatic heterocycles. The lowest BCUT2D eigenvalue weighted by atomic mass is 9.79. The molecule has 0 aromatic heterocycles. The summed E-state index contributed by atoms with van der Waals surface area (Å²) in [5.41, 5.74) is 0.766. The molecule has 1 aliphatic rings. The lowest BCUT2D eigenvalue weighted by molar-refractivity contribution is -0.114. The van der Waals surface area contributed by atoms with E-state index in [1.54, 1.807) is 0 Å². The summed E-state index contributed by atoms with van der Waals surface area (Å²) in [4.78, 5) is 12.0. The molecule has 96 valence electrons. The highest BCUT2D eigenvalue weighted by Gasteiger charge is 2.39. The van der Waals surface area contributed by atoms with E-state index in [4.69, 9.17) is 0 Å². The van der Waals surface area contributed by atoms with Gasteiger partial charge in [-0.05, 0) is 23.1 Å². The van der Waals surface area contributed by atoms with Crippen molar-refractivity contribution >= 4 is 11.4 Å². The maximum absolute atomic E-state index is 12.9. The minimum absolute atomic E-state index is 0.0703. The van der Waals surface area contributed by atoms with E-state index in [0.29, 0.717) is 17.6 Å². The van der Waals surface area contributed by atoms with Gasteiger partial charge in [0.25, 0.3) is 0 Å².